The molecule has 22 valence electrons. The van der Waals surface area contributed by atoms with E-state index in [1.54, 1.807) is 0 Å². The zero-order chi connectivity index (χ0) is 0. The first-order chi connectivity index (χ1) is 0. The van der Waals surface area contributed by atoms with Gasteiger partial charge in [-0.15, -0.1) is 0 Å². The van der Waals surface area contributed by atoms with Gasteiger partial charge in [-0.2, -0.15) is 0 Å². The van der Waals surface area contributed by atoms with Gasteiger partial charge in [0, 0.05) is 42.8 Å². The number of hydrogen-bond donors (Lipinski definition) is 0. The first-order valence-electron chi connectivity index (χ1n) is 0. The molecule has 0 aromatic carbocycles. The molecule has 0 nitrogen and oxygen atoms in total. The molecular formula is H6CaSiTiW. The second-order valence-electron chi connectivity index (χ2n) is 0. The van der Waals surface area contributed by atoms with Crippen LogP contribution in [0.15, 0.2) is 0 Å². The Morgan fingerprint density at radius 1 is 1.00 bits per heavy atom. The van der Waals surface area contributed by atoms with E-state index in [-0.39, 0.29) is 91.5 Å². The van der Waals surface area contributed by atoms with Gasteiger partial charge in [0.2, 0.25) is 0 Å². The van der Waals surface area contributed by atoms with E-state index >= 15 is 0 Å². The summed E-state index contributed by atoms with van der Waals surface area (Å²) in [6.07, 6.45) is 0. The van der Waals surface area contributed by atoms with Gasteiger partial charge >= 0.3 is 37.7 Å². The van der Waals surface area contributed by atoms with Gasteiger partial charge in [0.1, 0.15) is 0 Å². The van der Waals surface area contributed by atoms with Crippen molar-refractivity contribution in [3.63, 3.8) is 0 Å². The fraction of sp³-hybridized carbons (Fsp3) is 0. The first-order valence-corrected chi connectivity index (χ1v) is 0. The van der Waals surface area contributed by atoms with Crippen molar-refractivity contribution in [1.82, 2.24) is 0 Å². The van der Waals surface area contributed by atoms with Gasteiger partial charge in [-0.25, -0.2) is 0 Å². The molecule has 0 heterocycles. The largest absolute Gasteiger partial charge is 0.0149 e. The fourth-order valence-electron chi connectivity index (χ4n) is 0. The molecule has 0 bridgehead atoms. The van der Waals surface area contributed by atoms with E-state index in [1.807, 2.05) is 0 Å². The van der Waals surface area contributed by atoms with Gasteiger partial charge in [-0.05, 0) is 11.0 Å². The van der Waals surface area contributed by atoms with Gasteiger partial charge in [0.15, 0.2) is 0 Å². The first kappa shape index (κ1) is 28.7. The van der Waals surface area contributed by atoms with Crippen LogP contribution >= 0.6 is 0 Å². The second kappa shape index (κ2) is 16.9. The molecule has 0 N–H and O–H groups in total. The van der Waals surface area contributed by atoms with E-state index in [0.29, 0.717) is 0 Å². The molecular weight excluding hydrogens is 300 g/mol. The Bertz CT molecular complexity index is 8.00. The molecule has 0 atom stereocenters. The Labute approximate surface area is 89.7 Å². The average molecular weight is 306 g/mol. The number of hydrogen-bond acceptors (Lipinski definition) is 0. The van der Waals surface area contributed by atoms with Gasteiger partial charge in [0.05, 0.1) is 0 Å². The van der Waals surface area contributed by atoms with Crippen molar-refractivity contribution in [1.29, 1.82) is 0 Å². The summed E-state index contributed by atoms with van der Waals surface area (Å²) in [5.41, 5.74) is 0. The molecule has 0 fully saturated rings. The summed E-state index contributed by atoms with van der Waals surface area (Å²) in [7, 11) is 0. The molecule has 0 aromatic heterocycles. The Morgan fingerprint density at radius 3 is 1.00 bits per heavy atom. The van der Waals surface area contributed by atoms with Crippen LogP contribution < -0.4 is 0 Å². The van der Waals surface area contributed by atoms with Crippen molar-refractivity contribution < 1.29 is 42.8 Å². The molecule has 0 aliphatic carbocycles. The van der Waals surface area contributed by atoms with Crippen LogP contribution in [-0.2, 0) is 42.8 Å². The predicted octanol–water partition coefficient (Wildman–Crippen LogP) is -2.37. The Kier molecular flexibility index (Phi) is 121. The van der Waals surface area contributed by atoms with Crippen LogP contribution in [0, 0.1) is 0 Å². The smallest absolute Gasteiger partial charge is 0 e. The Hall–Kier alpha value is 2.88. The minimum Gasteiger partial charge on any atom is -0.0149 e. The van der Waals surface area contributed by atoms with Gasteiger partial charge < -0.3 is 0 Å². The van der Waals surface area contributed by atoms with Crippen LogP contribution in [0.5, 0.6) is 0 Å². The van der Waals surface area contributed by atoms with Crippen LogP contribution in [0.25, 0.3) is 0 Å². The van der Waals surface area contributed by atoms with Gasteiger partial charge in [0.25, 0.3) is 0 Å². The maximum absolute atomic E-state index is 0. The summed E-state index contributed by atoms with van der Waals surface area (Å²) in [6.45, 7) is 0. The standard InChI is InChI=1S/Ca.H4Si.Ti.W.2H/h;1H4;;;;. The van der Waals surface area contributed by atoms with Crippen LogP contribution in [0.3, 0.4) is 0 Å². The third-order valence-electron chi connectivity index (χ3n) is 0. The van der Waals surface area contributed by atoms with Crippen molar-refractivity contribution in [3.8, 4) is 0 Å². The molecule has 0 amide bonds. The molecule has 0 aromatic rings. The van der Waals surface area contributed by atoms with E-state index in [2.05, 4.69) is 0 Å². The van der Waals surface area contributed by atoms with E-state index in [0.717, 1.165) is 0 Å². The van der Waals surface area contributed by atoms with Crippen molar-refractivity contribution in [2.75, 3.05) is 0 Å². The molecule has 4 heteroatoms. The van der Waals surface area contributed by atoms with Crippen molar-refractivity contribution in [2.24, 2.45) is 0 Å². The molecule has 0 unspecified atom stereocenters. The molecule has 0 radical (unpaired) electrons. The molecule has 0 saturated heterocycles. The van der Waals surface area contributed by atoms with E-state index in [9.17, 15) is 0 Å². The van der Waals surface area contributed by atoms with Crippen molar-refractivity contribution >= 4 is 48.7 Å². The summed E-state index contributed by atoms with van der Waals surface area (Å²) < 4.78 is 0. The maximum atomic E-state index is 0. The second-order valence-corrected chi connectivity index (χ2v) is 0. The fourth-order valence-corrected chi connectivity index (χ4v) is 0. The zero-order valence-corrected chi connectivity index (χ0v) is 5.40. The van der Waals surface area contributed by atoms with E-state index in [4.69, 9.17) is 0 Å². The van der Waals surface area contributed by atoms with Crippen LogP contribution in [0.1, 0.15) is 0 Å². The summed E-state index contributed by atoms with van der Waals surface area (Å²) in [4.78, 5) is 0. The molecule has 0 saturated carbocycles. The topological polar surface area (TPSA) is 0 Å². The molecule has 0 rings (SSSR count). The SMILES string of the molecule is [CaH2].[SiH4].[Ti].[W]. The van der Waals surface area contributed by atoms with Crippen molar-refractivity contribution in [3.05, 3.63) is 0 Å². The van der Waals surface area contributed by atoms with Crippen LogP contribution in [0.4, 0.5) is 0 Å². The van der Waals surface area contributed by atoms with E-state index < -0.39 is 0 Å². The third-order valence-corrected chi connectivity index (χ3v) is 0. The molecule has 0 aliphatic heterocycles. The number of rotatable bonds is 0. The summed E-state index contributed by atoms with van der Waals surface area (Å²) in [5.74, 6) is 0. The van der Waals surface area contributed by atoms with Crippen LogP contribution in [-0.4, -0.2) is 48.7 Å². The third kappa shape index (κ3) is 8.86. The summed E-state index contributed by atoms with van der Waals surface area (Å²) in [5, 5.41) is 0. The normalized spacial score (nSPS) is 0. The molecule has 4 heavy (non-hydrogen) atoms. The Balaban J connectivity index is 0. The predicted molar refractivity (Wildman–Crippen MR) is 19.9 cm³/mol. The molecule has 0 aliphatic rings. The minimum atomic E-state index is 0. The van der Waals surface area contributed by atoms with Gasteiger partial charge in [-0.1, -0.05) is 0 Å². The average Bonchev–Trinajstić information content (AvgIpc) is 0. The van der Waals surface area contributed by atoms with Crippen LogP contribution in [0.2, 0.25) is 0 Å². The molecule has 0 spiro atoms. The van der Waals surface area contributed by atoms with Gasteiger partial charge in [-0.3, -0.25) is 0 Å². The summed E-state index contributed by atoms with van der Waals surface area (Å²) >= 11 is 0. The monoisotopic (exact) mass is 306 g/mol. The summed E-state index contributed by atoms with van der Waals surface area (Å²) in [6, 6.07) is 0. The van der Waals surface area contributed by atoms with Crippen molar-refractivity contribution in [2.45, 2.75) is 0 Å². The zero-order valence-electron chi connectivity index (χ0n) is 0.908. The Morgan fingerprint density at radius 2 is 1.00 bits per heavy atom. The quantitative estimate of drug-likeness (QED) is 0.439. The minimum absolute atomic E-state index is 0. The van der Waals surface area contributed by atoms with E-state index in [1.165, 1.54) is 0 Å². The maximum Gasteiger partial charge on any atom is 0 e.